The van der Waals surface area contributed by atoms with Gasteiger partial charge in [-0.1, -0.05) is 24.3 Å². The van der Waals surface area contributed by atoms with Crippen LogP contribution < -0.4 is 11.3 Å². The molecule has 2 aromatic rings. The van der Waals surface area contributed by atoms with Crippen molar-refractivity contribution >= 4 is 22.5 Å². The molecule has 0 saturated carbocycles. The number of fused-ring (bicyclic) bond motifs is 1. The molecular weight excluding hydrogens is 244 g/mol. The number of hydrogen-bond donors (Lipinski definition) is 3. The fourth-order valence-corrected chi connectivity index (χ4v) is 1.94. The van der Waals surface area contributed by atoms with Gasteiger partial charge in [-0.15, -0.1) is 0 Å². The van der Waals surface area contributed by atoms with Crippen molar-refractivity contribution in [2.75, 3.05) is 25.6 Å². The zero-order chi connectivity index (χ0) is 13.8. The SMILES string of the molecule is CN(CCO)C(=O)c1cnc(NN)c2ccccc12. The summed E-state index contributed by atoms with van der Waals surface area (Å²) in [5.74, 6) is 5.75. The van der Waals surface area contributed by atoms with Crippen molar-refractivity contribution in [3.63, 3.8) is 0 Å². The van der Waals surface area contributed by atoms with Gasteiger partial charge in [0.15, 0.2) is 0 Å². The number of amides is 1. The summed E-state index contributed by atoms with van der Waals surface area (Å²) >= 11 is 0. The van der Waals surface area contributed by atoms with E-state index in [0.29, 0.717) is 11.4 Å². The van der Waals surface area contributed by atoms with Crippen LogP contribution in [0.15, 0.2) is 30.5 Å². The number of anilines is 1. The van der Waals surface area contributed by atoms with Crippen molar-refractivity contribution in [2.45, 2.75) is 0 Å². The third-order valence-electron chi connectivity index (χ3n) is 2.94. The lowest BCUT2D eigenvalue weighted by molar-refractivity contribution is 0.0768. The second kappa shape index (κ2) is 5.64. The van der Waals surface area contributed by atoms with E-state index in [2.05, 4.69) is 10.4 Å². The fourth-order valence-electron chi connectivity index (χ4n) is 1.94. The summed E-state index contributed by atoms with van der Waals surface area (Å²) in [6.45, 7) is 0.208. The largest absolute Gasteiger partial charge is 0.395 e. The molecule has 0 unspecified atom stereocenters. The van der Waals surface area contributed by atoms with Crippen LogP contribution in [0, 0.1) is 0 Å². The Labute approximate surface area is 110 Å². The van der Waals surface area contributed by atoms with Gasteiger partial charge in [0.1, 0.15) is 5.82 Å². The van der Waals surface area contributed by atoms with Gasteiger partial charge in [-0.25, -0.2) is 10.8 Å². The number of nitrogen functional groups attached to an aromatic ring is 1. The van der Waals surface area contributed by atoms with Crippen LogP contribution in [0.25, 0.3) is 10.8 Å². The van der Waals surface area contributed by atoms with Crippen molar-refractivity contribution in [3.05, 3.63) is 36.0 Å². The van der Waals surface area contributed by atoms with Gasteiger partial charge in [0.25, 0.3) is 5.91 Å². The van der Waals surface area contributed by atoms with Gasteiger partial charge in [-0.2, -0.15) is 0 Å². The summed E-state index contributed by atoms with van der Waals surface area (Å²) in [6.07, 6.45) is 1.49. The molecule has 0 spiro atoms. The lowest BCUT2D eigenvalue weighted by Crippen LogP contribution is -2.29. The summed E-state index contributed by atoms with van der Waals surface area (Å²) in [7, 11) is 1.64. The molecule has 4 N–H and O–H groups in total. The number of pyridine rings is 1. The van der Waals surface area contributed by atoms with E-state index in [4.69, 9.17) is 10.9 Å². The molecule has 0 radical (unpaired) electrons. The Kier molecular flexibility index (Phi) is 3.94. The number of hydrazine groups is 1. The van der Waals surface area contributed by atoms with Crippen LogP contribution in [-0.4, -0.2) is 41.1 Å². The number of nitrogens with zero attached hydrogens (tertiary/aromatic N) is 2. The first-order valence-corrected chi connectivity index (χ1v) is 5.89. The molecule has 1 amide bonds. The van der Waals surface area contributed by atoms with E-state index in [0.717, 1.165) is 10.8 Å². The smallest absolute Gasteiger partial charge is 0.255 e. The maximum atomic E-state index is 12.3. The molecule has 1 heterocycles. The van der Waals surface area contributed by atoms with Crippen LogP contribution in [0.2, 0.25) is 0 Å². The Hall–Kier alpha value is -2.18. The van der Waals surface area contributed by atoms with E-state index >= 15 is 0 Å². The number of nitrogens with one attached hydrogen (secondary N) is 1. The lowest BCUT2D eigenvalue weighted by atomic mass is 10.1. The molecule has 0 aliphatic heterocycles. The molecule has 6 heteroatoms. The normalized spacial score (nSPS) is 10.5. The average Bonchev–Trinajstić information content (AvgIpc) is 2.45. The van der Waals surface area contributed by atoms with E-state index in [1.54, 1.807) is 7.05 Å². The molecule has 0 atom stereocenters. The number of nitrogens with two attached hydrogens (primary N) is 1. The summed E-state index contributed by atoms with van der Waals surface area (Å²) in [5, 5.41) is 10.5. The number of likely N-dealkylation sites (N-methyl/N-ethyl adjacent to an activating group) is 1. The number of aromatic nitrogens is 1. The summed E-state index contributed by atoms with van der Waals surface area (Å²) in [5.41, 5.74) is 3.01. The highest BCUT2D eigenvalue weighted by atomic mass is 16.3. The second-order valence-electron chi connectivity index (χ2n) is 4.16. The molecule has 0 aliphatic carbocycles. The van der Waals surface area contributed by atoms with Gasteiger partial charge in [0.2, 0.25) is 0 Å². The fraction of sp³-hybridized carbons (Fsp3) is 0.231. The molecule has 0 saturated heterocycles. The highest BCUT2D eigenvalue weighted by Gasteiger charge is 2.16. The van der Waals surface area contributed by atoms with Gasteiger partial charge in [0, 0.05) is 25.2 Å². The van der Waals surface area contributed by atoms with Crippen LogP contribution in [0.1, 0.15) is 10.4 Å². The minimum Gasteiger partial charge on any atom is -0.395 e. The van der Waals surface area contributed by atoms with E-state index in [9.17, 15) is 4.79 Å². The van der Waals surface area contributed by atoms with Crippen LogP contribution in [0.3, 0.4) is 0 Å². The van der Waals surface area contributed by atoms with Crippen molar-refractivity contribution in [1.82, 2.24) is 9.88 Å². The number of aliphatic hydroxyl groups is 1. The van der Waals surface area contributed by atoms with Crippen molar-refractivity contribution in [2.24, 2.45) is 5.84 Å². The lowest BCUT2D eigenvalue weighted by Gasteiger charge is -2.17. The Bertz CT molecular complexity index is 600. The van der Waals surface area contributed by atoms with E-state index in [1.807, 2.05) is 24.3 Å². The Morgan fingerprint density at radius 3 is 2.74 bits per heavy atom. The maximum absolute atomic E-state index is 12.3. The molecule has 0 fully saturated rings. The number of carbonyl (C=O) groups excluding carboxylic acids is 1. The number of carbonyl (C=O) groups is 1. The molecule has 0 bridgehead atoms. The molecule has 6 nitrogen and oxygen atoms in total. The topological polar surface area (TPSA) is 91.5 Å². The first-order chi connectivity index (χ1) is 9.19. The molecule has 1 aromatic heterocycles. The first kappa shape index (κ1) is 13.3. The molecule has 0 aliphatic rings. The van der Waals surface area contributed by atoms with Crippen LogP contribution >= 0.6 is 0 Å². The third kappa shape index (κ3) is 2.49. The van der Waals surface area contributed by atoms with Gasteiger partial charge >= 0.3 is 0 Å². The number of hydrogen-bond acceptors (Lipinski definition) is 5. The Balaban J connectivity index is 2.53. The van der Waals surface area contributed by atoms with E-state index in [1.165, 1.54) is 11.1 Å². The Morgan fingerprint density at radius 2 is 2.11 bits per heavy atom. The van der Waals surface area contributed by atoms with Gasteiger partial charge < -0.3 is 15.4 Å². The highest BCUT2D eigenvalue weighted by Crippen LogP contribution is 2.24. The molecule has 1 aromatic carbocycles. The Morgan fingerprint density at radius 1 is 1.42 bits per heavy atom. The first-order valence-electron chi connectivity index (χ1n) is 5.89. The summed E-state index contributed by atoms with van der Waals surface area (Å²) < 4.78 is 0. The highest BCUT2D eigenvalue weighted by molar-refractivity contribution is 6.09. The maximum Gasteiger partial charge on any atom is 0.255 e. The van der Waals surface area contributed by atoms with E-state index in [-0.39, 0.29) is 19.1 Å². The predicted molar refractivity (Wildman–Crippen MR) is 73.6 cm³/mol. The van der Waals surface area contributed by atoms with Gasteiger partial charge in [-0.3, -0.25) is 4.79 Å². The second-order valence-corrected chi connectivity index (χ2v) is 4.16. The minimum atomic E-state index is -0.179. The molecule has 19 heavy (non-hydrogen) atoms. The number of aliphatic hydroxyl groups excluding tert-OH is 1. The summed E-state index contributed by atoms with van der Waals surface area (Å²) in [4.78, 5) is 17.9. The van der Waals surface area contributed by atoms with Gasteiger partial charge in [0.05, 0.1) is 12.2 Å². The minimum absolute atomic E-state index is 0.0734. The molecular formula is C13H16N4O2. The monoisotopic (exact) mass is 260 g/mol. The van der Waals surface area contributed by atoms with Crippen molar-refractivity contribution < 1.29 is 9.90 Å². The van der Waals surface area contributed by atoms with Crippen molar-refractivity contribution in [3.8, 4) is 0 Å². The average molecular weight is 260 g/mol. The zero-order valence-electron chi connectivity index (χ0n) is 10.6. The predicted octanol–water partition coefficient (Wildman–Crippen LogP) is 0.585. The van der Waals surface area contributed by atoms with Crippen LogP contribution in [0.5, 0.6) is 0 Å². The van der Waals surface area contributed by atoms with Crippen LogP contribution in [0.4, 0.5) is 5.82 Å². The summed E-state index contributed by atoms with van der Waals surface area (Å²) in [6, 6.07) is 7.40. The third-order valence-corrected chi connectivity index (χ3v) is 2.94. The van der Waals surface area contributed by atoms with Gasteiger partial charge in [-0.05, 0) is 5.39 Å². The number of benzene rings is 1. The quantitative estimate of drug-likeness (QED) is 0.552. The standard InChI is InChI=1S/C13H16N4O2/c1-17(6-7-18)13(19)11-8-15-12(16-14)10-5-3-2-4-9(10)11/h2-5,8,18H,6-7,14H2,1H3,(H,15,16). The molecule has 100 valence electrons. The van der Waals surface area contributed by atoms with E-state index < -0.39 is 0 Å². The van der Waals surface area contributed by atoms with Crippen molar-refractivity contribution in [1.29, 1.82) is 0 Å². The number of rotatable bonds is 4. The zero-order valence-corrected chi connectivity index (χ0v) is 10.6. The molecule has 2 rings (SSSR count). The van der Waals surface area contributed by atoms with Crippen LogP contribution in [-0.2, 0) is 0 Å².